The largest absolute Gasteiger partial charge is 0.493 e. The molecule has 24 heavy (non-hydrogen) atoms. The maximum Gasteiger partial charge on any atom is 0.451 e. The number of halogens is 3. The third-order valence-electron chi connectivity index (χ3n) is 3.71. The van der Waals surface area contributed by atoms with Crippen LogP contribution in [0.1, 0.15) is 28.9 Å². The summed E-state index contributed by atoms with van der Waals surface area (Å²) in [6.07, 6.45) is -4.56. The fraction of sp³-hybridized carbons (Fsp3) is 0.400. The average molecular weight is 340 g/mol. The van der Waals surface area contributed by atoms with E-state index < -0.39 is 12.0 Å². The van der Waals surface area contributed by atoms with Crippen LogP contribution in [0.4, 0.5) is 13.2 Å². The molecule has 0 radical (unpaired) electrons. The molecule has 1 aliphatic rings. The van der Waals surface area contributed by atoms with E-state index in [0.717, 1.165) is 4.57 Å². The van der Waals surface area contributed by atoms with Crippen LogP contribution >= 0.6 is 0 Å². The standard InChI is InChI=1S/C15H15F3N4O2/c1-2-24-11-6-4-3-5-10(11)13(23)21-7-8-22-12(9-21)19-20-14(22)15(16,17)18/h3-6H,2,7-9H2,1H3. The van der Waals surface area contributed by atoms with Crippen molar-refractivity contribution in [3.05, 3.63) is 41.5 Å². The van der Waals surface area contributed by atoms with Gasteiger partial charge in [0.05, 0.1) is 18.7 Å². The van der Waals surface area contributed by atoms with E-state index in [0.29, 0.717) is 17.9 Å². The zero-order valence-electron chi connectivity index (χ0n) is 12.9. The van der Waals surface area contributed by atoms with Crippen LogP contribution in [0, 0.1) is 0 Å². The normalized spacial score (nSPS) is 14.4. The highest BCUT2D eigenvalue weighted by atomic mass is 19.4. The number of para-hydroxylation sites is 1. The lowest BCUT2D eigenvalue weighted by molar-refractivity contribution is -0.147. The number of carbonyl (C=O) groups is 1. The third-order valence-corrected chi connectivity index (χ3v) is 3.71. The number of hydrogen-bond acceptors (Lipinski definition) is 4. The summed E-state index contributed by atoms with van der Waals surface area (Å²) in [5, 5.41) is 6.78. The van der Waals surface area contributed by atoms with E-state index in [1.807, 2.05) is 6.92 Å². The highest BCUT2D eigenvalue weighted by Gasteiger charge is 2.40. The molecule has 128 valence electrons. The molecule has 1 aliphatic heterocycles. The van der Waals surface area contributed by atoms with E-state index in [2.05, 4.69) is 10.2 Å². The first-order valence-corrected chi connectivity index (χ1v) is 7.42. The number of amides is 1. The fourth-order valence-electron chi connectivity index (χ4n) is 2.64. The Labute approximate surface area is 135 Å². The molecular weight excluding hydrogens is 325 g/mol. The number of aromatic nitrogens is 3. The Morgan fingerprint density at radius 3 is 2.71 bits per heavy atom. The monoisotopic (exact) mass is 340 g/mol. The van der Waals surface area contributed by atoms with Crippen LogP contribution in [0.2, 0.25) is 0 Å². The molecule has 1 amide bonds. The van der Waals surface area contributed by atoms with E-state index in [-0.39, 0.29) is 31.4 Å². The van der Waals surface area contributed by atoms with Gasteiger partial charge in [-0.3, -0.25) is 4.79 Å². The van der Waals surface area contributed by atoms with Crippen LogP contribution in [0.3, 0.4) is 0 Å². The summed E-state index contributed by atoms with van der Waals surface area (Å²) in [4.78, 5) is 14.1. The van der Waals surface area contributed by atoms with E-state index in [9.17, 15) is 18.0 Å². The highest BCUT2D eigenvalue weighted by Crippen LogP contribution is 2.30. The molecule has 1 aromatic carbocycles. The smallest absolute Gasteiger partial charge is 0.451 e. The summed E-state index contributed by atoms with van der Waals surface area (Å²) in [6.45, 7) is 2.34. The Bertz CT molecular complexity index is 757. The van der Waals surface area contributed by atoms with Crippen molar-refractivity contribution in [3.8, 4) is 5.75 Å². The SMILES string of the molecule is CCOc1ccccc1C(=O)N1CCn2c(nnc2C(F)(F)F)C1. The van der Waals surface area contributed by atoms with Gasteiger partial charge < -0.3 is 14.2 Å². The Kier molecular flexibility index (Phi) is 4.16. The first kappa shape index (κ1) is 16.3. The van der Waals surface area contributed by atoms with Gasteiger partial charge in [-0.2, -0.15) is 13.2 Å². The van der Waals surface area contributed by atoms with Gasteiger partial charge in [-0.25, -0.2) is 0 Å². The lowest BCUT2D eigenvalue weighted by Gasteiger charge is -2.28. The Morgan fingerprint density at radius 2 is 2.00 bits per heavy atom. The molecule has 0 saturated carbocycles. The van der Waals surface area contributed by atoms with Gasteiger partial charge in [0.25, 0.3) is 5.91 Å². The van der Waals surface area contributed by atoms with Crippen LogP contribution in [0.25, 0.3) is 0 Å². The molecule has 2 aromatic rings. The zero-order chi connectivity index (χ0) is 17.3. The number of carbonyl (C=O) groups excluding carboxylic acids is 1. The topological polar surface area (TPSA) is 60.2 Å². The van der Waals surface area contributed by atoms with Crippen molar-refractivity contribution >= 4 is 5.91 Å². The van der Waals surface area contributed by atoms with Crippen molar-refractivity contribution in [1.29, 1.82) is 0 Å². The van der Waals surface area contributed by atoms with Gasteiger partial charge in [-0.05, 0) is 19.1 Å². The van der Waals surface area contributed by atoms with Crippen molar-refractivity contribution in [2.75, 3.05) is 13.2 Å². The van der Waals surface area contributed by atoms with Crippen LogP contribution in [0.15, 0.2) is 24.3 Å². The van der Waals surface area contributed by atoms with E-state index in [1.54, 1.807) is 24.3 Å². The molecule has 0 bridgehead atoms. The minimum absolute atomic E-state index is 0.000279. The lowest BCUT2D eigenvalue weighted by atomic mass is 10.1. The summed E-state index contributed by atoms with van der Waals surface area (Å²) in [5.41, 5.74) is 0.378. The Hall–Kier alpha value is -2.58. The predicted octanol–water partition coefficient (Wildman–Crippen LogP) is 2.35. The molecule has 1 aromatic heterocycles. The molecule has 0 fully saturated rings. The lowest BCUT2D eigenvalue weighted by Crippen LogP contribution is -2.39. The molecule has 9 heteroatoms. The first-order valence-electron chi connectivity index (χ1n) is 7.42. The number of ether oxygens (including phenoxy) is 1. The number of benzene rings is 1. The van der Waals surface area contributed by atoms with Gasteiger partial charge >= 0.3 is 6.18 Å². The van der Waals surface area contributed by atoms with Crippen LogP contribution < -0.4 is 4.74 Å². The molecule has 6 nitrogen and oxygen atoms in total. The second-order valence-corrected chi connectivity index (χ2v) is 5.25. The first-order chi connectivity index (χ1) is 11.4. The number of hydrogen-bond donors (Lipinski definition) is 0. The minimum Gasteiger partial charge on any atom is -0.493 e. The number of alkyl halides is 3. The predicted molar refractivity (Wildman–Crippen MR) is 77.4 cm³/mol. The van der Waals surface area contributed by atoms with Gasteiger partial charge in [0.15, 0.2) is 5.82 Å². The maximum absolute atomic E-state index is 12.8. The molecule has 0 N–H and O–H groups in total. The maximum atomic E-state index is 12.8. The summed E-state index contributed by atoms with van der Waals surface area (Å²) in [7, 11) is 0. The van der Waals surface area contributed by atoms with E-state index in [1.165, 1.54) is 4.90 Å². The van der Waals surface area contributed by atoms with Gasteiger partial charge in [-0.1, -0.05) is 12.1 Å². The molecular formula is C15H15F3N4O2. The number of rotatable bonds is 3. The number of fused-ring (bicyclic) bond motifs is 1. The van der Waals surface area contributed by atoms with Gasteiger partial charge in [0.1, 0.15) is 5.75 Å². The quantitative estimate of drug-likeness (QED) is 0.861. The molecule has 0 unspecified atom stereocenters. The van der Waals surface area contributed by atoms with Crippen molar-refractivity contribution in [2.24, 2.45) is 0 Å². The third kappa shape index (κ3) is 2.93. The van der Waals surface area contributed by atoms with Crippen molar-refractivity contribution in [2.45, 2.75) is 26.2 Å². The average Bonchev–Trinajstić information content (AvgIpc) is 2.98. The second-order valence-electron chi connectivity index (χ2n) is 5.25. The number of nitrogens with zero attached hydrogens (tertiary/aromatic N) is 4. The van der Waals surface area contributed by atoms with Crippen molar-refractivity contribution < 1.29 is 22.7 Å². The van der Waals surface area contributed by atoms with Gasteiger partial charge in [0.2, 0.25) is 5.82 Å². The molecule has 0 spiro atoms. The fourth-order valence-corrected chi connectivity index (χ4v) is 2.64. The van der Waals surface area contributed by atoms with Crippen LogP contribution in [-0.2, 0) is 19.3 Å². The van der Waals surface area contributed by atoms with E-state index in [4.69, 9.17) is 4.74 Å². The summed E-state index contributed by atoms with van der Waals surface area (Å²) < 4.78 is 45.0. The summed E-state index contributed by atoms with van der Waals surface area (Å²) in [6, 6.07) is 6.78. The molecule has 0 aliphatic carbocycles. The molecule has 3 rings (SSSR count). The Balaban J connectivity index is 1.84. The van der Waals surface area contributed by atoms with Gasteiger partial charge in [-0.15, -0.1) is 10.2 Å². The summed E-state index contributed by atoms with van der Waals surface area (Å²) >= 11 is 0. The van der Waals surface area contributed by atoms with Gasteiger partial charge in [0, 0.05) is 13.1 Å². The second kappa shape index (κ2) is 6.14. The molecule has 2 heterocycles. The van der Waals surface area contributed by atoms with Crippen molar-refractivity contribution in [1.82, 2.24) is 19.7 Å². The zero-order valence-corrected chi connectivity index (χ0v) is 12.9. The highest BCUT2D eigenvalue weighted by molar-refractivity contribution is 5.96. The Morgan fingerprint density at radius 1 is 1.25 bits per heavy atom. The van der Waals surface area contributed by atoms with E-state index >= 15 is 0 Å². The van der Waals surface area contributed by atoms with Crippen molar-refractivity contribution in [3.63, 3.8) is 0 Å². The van der Waals surface area contributed by atoms with Crippen LogP contribution in [0.5, 0.6) is 5.75 Å². The minimum atomic E-state index is -4.56. The van der Waals surface area contributed by atoms with Crippen LogP contribution in [-0.4, -0.2) is 38.7 Å². The summed E-state index contributed by atoms with van der Waals surface area (Å²) in [5.74, 6) is -0.759. The molecule has 0 saturated heterocycles. The molecule has 0 atom stereocenters.